The number of halogens is 1. The molecule has 1 heterocycles. The molecule has 32 heavy (non-hydrogen) atoms. The summed E-state index contributed by atoms with van der Waals surface area (Å²) in [6.45, 7) is 3.45. The first-order chi connectivity index (χ1) is 15.5. The summed E-state index contributed by atoms with van der Waals surface area (Å²) in [4.78, 5) is 26.8. The van der Waals surface area contributed by atoms with E-state index in [0.29, 0.717) is 36.9 Å². The Balaban J connectivity index is 1.56. The van der Waals surface area contributed by atoms with Gasteiger partial charge in [0.25, 0.3) is 0 Å². The minimum absolute atomic E-state index is 0.0286. The molecule has 172 valence electrons. The van der Waals surface area contributed by atoms with Crippen molar-refractivity contribution in [1.82, 2.24) is 4.90 Å². The summed E-state index contributed by atoms with van der Waals surface area (Å²) in [5.74, 6) is -0.0360. The number of methoxy groups -OCH3 is 2. The van der Waals surface area contributed by atoms with Crippen LogP contribution in [0.5, 0.6) is 11.5 Å². The van der Waals surface area contributed by atoms with Gasteiger partial charge in [-0.2, -0.15) is 0 Å². The van der Waals surface area contributed by atoms with Gasteiger partial charge in [0.15, 0.2) is 11.5 Å². The summed E-state index contributed by atoms with van der Waals surface area (Å²) >= 11 is 0. The maximum Gasteiger partial charge on any atom is 0.228 e. The first kappa shape index (κ1) is 23.5. The molecule has 1 saturated heterocycles. The summed E-state index contributed by atoms with van der Waals surface area (Å²) < 4.78 is 29.9. The Hall–Kier alpha value is -3.17. The first-order valence-electron chi connectivity index (χ1n) is 10.4. The van der Waals surface area contributed by atoms with E-state index in [1.165, 1.54) is 32.4 Å². The van der Waals surface area contributed by atoms with E-state index in [1.807, 2.05) is 0 Å². The Morgan fingerprint density at radius 3 is 2.47 bits per heavy atom. The van der Waals surface area contributed by atoms with Crippen molar-refractivity contribution in [3.8, 4) is 11.5 Å². The molecule has 3 rings (SSSR count). The first-order valence-corrected chi connectivity index (χ1v) is 10.4. The molecule has 0 atom stereocenters. The van der Waals surface area contributed by atoms with E-state index in [1.54, 1.807) is 18.2 Å². The van der Waals surface area contributed by atoms with E-state index in [0.717, 1.165) is 18.7 Å². The number of hydrogen-bond donors (Lipinski definition) is 2. The molecule has 0 unspecified atom stereocenters. The predicted molar refractivity (Wildman–Crippen MR) is 119 cm³/mol. The summed E-state index contributed by atoms with van der Waals surface area (Å²) in [7, 11) is 3.06. The molecule has 1 aliphatic heterocycles. The largest absolute Gasteiger partial charge is 0.493 e. The number of hydrogen-bond acceptors (Lipinski definition) is 6. The highest BCUT2D eigenvalue weighted by atomic mass is 19.1. The molecule has 0 spiro atoms. The lowest BCUT2D eigenvalue weighted by atomic mass is 10.1. The Bertz CT molecular complexity index is 947. The van der Waals surface area contributed by atoms with Crippen LogP contribution in [0.25, 0.3) is 0 Å². The quantitative estimate of drug-likeness (QED) is 0.617. The van der Waals surface area contributed by atoms with Gasteiger partial charge in [0, 0.05) is 31.7 Å². The zero-order valence-electron chi connectivity index (χ0n) is 18.3. The third-order valence-electron chi connectivity index (χ3n) is 5.10. The molecule has 1 aliphatic rings. The highest BCUT2D eigenvalue weighted by molar-refractivity contribution is 5.95. The second-order valence-electron chi connectivity index (χ2n) is 7.36. The fourth-order valence-electron chi connectivity index (χ4n) is 3.38. The van der Waals surface area contributed by atoms with Gasteiger partial charge in [0.2, 0.25) is 11.8 Å². The predicted octanol–water partition coefficient (Wildman–Crippen LogP) is 2.68. The molecule has 2 aromatic rings. The van der Waals surface area contributed by atoms with Crippen molar-refractivity contribution in [2.75, 3.05) is 57.7 Å². The molecular formula is C23H28FN3O5. The highest BCUT2D eigenvalue weighted by Crippen LogP contribution is 2.28. The second kappa shape index (κ2) is 11.4. The lowest BCUT2D eigenvalue weighted by Gasteiger charge is -2.26. The number of nitrogens with one attached hydrogen (secondary N) is 2. The fourth-order valence-corrected chi connectivity index (χ4v) is 3.38. The lowest BCUT2D eigenvalue weighted by molar-refractivity contribution is -0.117. The zero-order valence-corrected chi connectivity index (χ0v) is 18.3. The van der Waals surface area contributed by atoms with Crippen LogP contribution in [-0.2, 0) is 20.7 Å². The van der Waals surface area contributed by atoms with Gasteiger partial charge in [0.1, 0.15) is 5.82 Å². The maximum atomic E-state index is 14.2. The van der Waals surface area contributed by atoms with Gasteiger partial charge in [-0.25, -0.2) is 4.39 Å². The number of amides is 2. The van der Waals surface area contributed by atoms with Crippen molar-refractivity contribution in [2.24, 2.45) is 0 Å². The average Bonchev–Trinajstić information content (AvgIpc) is 2.80. The van der Waals surface area contributed by atoms with Crippen LogP contribution in [0.15, 0.2) is 36.4 Å². The number of rotatable bonds is 9. The number of carbonyl (C=O) groups excluding carboxylic acids is 2. The van der Waals surface area contributed by atoms with Crippen molar-refractivity contribution in [1.29, 1.82) is 0 Å². The summed E-state index contributed by atoms with van der Waals surface area (Å²) in [5, 5.41) is 5.32. The molecule has 0 aliphatic carbocycles. The van der Waals surface area contributed by atoms with E-state index in [4.69, 9.17) is 14.2 Å². The third-order valence-corrected chi connectivity index (χ3v) is 5.10. The molecule has 8 nitrogen and oxygen atoms in total. The number of benzene rings is 2. The van der Waals surface area contributed by atoms with Gasteiger partial charge < -0.3 is 24.8 Å². The van der Waals surface area contributed by atoms with Crippen molar-refractivity contribution >= 4 is 23.2 Å². The van der Waals surface area contributed by atoms with Crippen molar-refractivity contribution in [2.45, 2.75) is 12.8 Å². The Morgan fingerprint density at radius 1 is 1.00 bits per heavy atom. The molecule has 2 N–H and O–H groups in total. The third kappa shape index (κ3) is 6.66. The van der Waals surface area contributed by atoms with E-state index < -0.39 is 5.82 Å². The van der Waals surface area contributed by atoms with Gasteiger partial charge in [-0.1, -0.05) is 6.07 Å². The Labute approximate surface area is 186 Å². The molecule has 9 heteroatoms. The van der Waals surface area contributed by atoms with Crippen LogP contribution in [0.3, 0.4) is 0 Å². The number of anilines is 2. The van der Waals surface area contributed by atoms with Crippen molar-refractivity contribution < 1.29 is 28.2 Å². The lowest BCUT2D eigenvalue weighted by Crippen LogP contribution is -2.38. The topological polar surface area (TPSA) is 89.1 Å². The van der Waals surface area contributed by atoms with Gasteiger partial charge in [-0.05, 0) is 35.9 Å². The highest BCUT2D eigenvalue weighted by Gasteiger charge is 2.14. The van der Waals surface area contributed by atoms with E-state index >= 15 is 0 Å². The molecular weight excluding hydrogens is 417 g/mol. The average molecular weight is 445 g/mol. The van der Waals surface area contributed by atoms with E-state index in [9.17, 15) is 14.0 Å². The Morgan fingerprint density at radius 2 is 1.75 bits per heavy atom. The minimum Gasteiger partial charge on any atom is -0.493 e. The summed E-state index contributed by atoms with van der Waals surface area (Å²) in [6.07, 6.45) is 0.342. The normalized spacial score (nSPS) is 14.0. The van der Waals surface area contributed by atoms with Crippen molar-refractivity contribution in [3.05, 3.63) is 47.8 Å². The number of nitrogens with zero attached hydrogens (tertiary/aromatic N) is 1. The van der Waals surface area contributed by atoms with Crippen LogP contribution in [0.2, 0.25) is 0 Å². The molecule has 2 amide bonds. The SMILES string of the molecule is COc1ccc(CC(=O)Nc2ccc(F)c(NC(=O)CCN3CCOCC3)c2)cc1OC. The minimum atomic E-state index is -0.567. The number of ether oxygens (including phenoxy) is 3. The molecule has 0 saturated carbocycles. The van der Waals surface area contributed by atoms with E-state index in [-0.39, 0.29) is 30.3 Å². The van der Waals surface area contributed by atoms with E-state index in [2.05, 4.69) is 15.5 Å². The van der Waals surface area contributed by atoms with Crippen molar-refractivity contribution in [3.63, 3.8) is 0 Å². The second-order valence-corrected chi connectivity index (χ2v) is 7.36. The van der Waals surface area contributed by atoms with Crippen LogP contribution < -0.4 is 20.1 Å². The molecule has 2 aromatic carbocycles. The van der Waals surface area contributed by atoms with Gasteiger partial charge in [0.05, 0.1) is 39.5 Å². The van der Waals surface area contributed by atoms with Crippen LogP contribution in [0.1, 0.15) is 12.0 Å². The van der Waals surface area contributed by atoms with Crippen LogP contribution in [0, 0.1) is 5.82 Å². The number of carbonyl (C=O) groups is 2. The van der Waals surface area contributed by atoms with Gasteiger partial charge in [-0.3, -0.25) is 14.5 Å². The van der Waals surface area contributed by atoms with Gasteiger partial charge in [-0.15, -0.1) is 0 Å². The summed E-state index contributed by atoms with van der Waals surface area (Å²) in [6, 6.07) is 9.29. The fraction of sp³-hybridized carbons (Fsp3) is 0.391. The van der Waals surface area contributed by atoms with Crippen LogP contribution in [0.4, 0.5) is 15.8 Å². The monoisotopic (exact) mass is 445 g/mol. The van der Waals surface area contributed by atoms with Crippen LogP contribution >= 0.6 is 0 Å². The zero-order chi connectivity index (χ0) is 22.9. The summed E-state index contributed by atoms with van der Waals surface area (Å²) in [5.41, 5.74) is 1.15. The van der Waals surface area contributed by atoms with Crippen LogP contribution in [-0.4, -0.2) is 63.8 Å². The molecule has 0 aromatic heterocycles. The molecule has 0 radical (unpaired) electrons. The standard InChI is InChI=1S/C23H28FN3O5/c1-30-20-6-3-16(13-21(20)31-2)14-23(29)25-17-4-5-18(24)19(15-17)26-22(28)7-8-27-9-11-32-12-10-27/h3-6,13,15H,7-12,14H2,1-2H3,(H,25,29)(H,26,28). The van der Waals surface area contributed by atoms with Gasteiger partial charge >= 0.3 is 0 Å². The Kier molecular flexibility index (Phi) is 8.41. The number of morpholine rings is 1. The maximum absolute atomic E-state index is 14.2. The molecule has 0 bridgehead atoms. The molecule has 1 fully saturated rings. The smallest absolute Gasteiger partial charge is 0.228 e.